The first kappa shape index (κ1) is 11.9. The molecule has 1 unspecified atom stereocenters. The minimum absolute atomic E-state index is 0.177. The Morgan fingerprint density at radius 1 is 1.59 bits per heavy atom. The van der Waals surface area contributed by atoms with Crippen molar-refractivity contribution >= 4 is 11.7 Å². The molecule has 1 saturated heterocycles. The van der Waals surface area contributed by atoms with Crippen LogP contribution in [0.1, 0.15) is 6.92 Å². The Bertz CT molecular complexity index is 410. The van der Waals surface area contributed by atoms with Crippen LogP contribution in [0.15, 0.2) is 24.3 Å². The van der Waals surface area contributed by atoms with Crippen LogP contribution in [0.3, 0.4) is 0 Å². The molecule has 2 N–H and O–H groups in total. The van der Waals surface area contributed by atoms with E-state index in [1.54, 1.807) is 17.0 Å². The Morgan fingerprint density at radius 2 is 2.41 bits per heavy atom. The molecule has 2 rings (SSSR count). The molecule has 1 aliphatic heterocycles. The van der Waals surface area contributed by atoms with E-state index in [0.29, 0.717) is 24.8 Å². The van der Waals surface area contributed by atoms with Gasteiger partial charge in [-0.3, -0.25) is 0 Å². The van der Waals surface area contributed by atoms with Gasteiger partial charge in [0.05, 0.1) is 0 Å². The Kier molecular flexibility index (Phi) is 3.58. The average molecular weight is 237 g/mol. The molecule has 1 atom stereocenters. The topological polar surface area (TPSA) is 44.4 Å². The molecule has 5 heteroatoms. The summed E-state index contributed by atoms with van der Waals surface area (Å²) in [5.41, 5.74) is 0.487. The molecule has 17 heavy (non-hydrogen) atoms. The summed E-state index contributed by atoms with van der Waals surface area (Å²) in [4.78, 5) is 13.6. The van der Waals surface area contributed by atoms with Crippen LogP contribution in [0, 0.1) is 5.82 Å². The second kappa shape index (κ2) is 5.14. The number of halogens is 1. The smallest absolute Gasteiger partial charge is 0.321 e. The van der Waals surface area contributed by atoms with Crippen LogP contribution in [0.2, 0.25) is 0 Å². The summed E-state index contributed by atoms with van der Waals surface area (Å²) in [6, 6.07) is 6.02. The number of benzene rings is 1. The van der Waals surface area contributed by atoms with Crippen LogP contribution in [0.4, 0.5) is 14.9 Å². The summed E-state index contributed by atoms with van der Waals surface area (Å²) in [5, 5.41) is 5.95. The van der Waals surface area contributed by atoms with Crippen LogP contribution < -0.4 is 10.6 Å². The third kappa shape index (κ3) is 3.17. The maximum Gasteiger partial charge on any atom is 0.321 e. The van der Waals surface area contributed by atoms with E-state index in [2.05, 4.69) is 10.6 Å². The van der Waals surface area contributed by atoms with Crippen molar-refractivity contribution in [1.29, 1.82) is 0 Å². The van der Waals surface area contributed by atoms with Gasteiger partial charge in [0.1, 0.15) is 5.82 Å². The maximum atomic E-state index is 12.9. The molecule has 0 aliphatic carbocycles. The Labute approximate surface area is 99.8 Å². The number of rotatable bonds is 1. The molecule has 0 saturated carbocycles. The summed E-state index contributed by atoms with van der Waals surface area (Å²) < 4.78 is 12.9. The third-order valence-electron chi connectivity index (χ3n) is 2.73. The van der Waals surface area contributed by atoms with E-state index >= 15 is 0 Å². The second-order valence-corrected chi connectivity index (χ2v) is 4.24. The molecule has 1 aromatic carbocycles. The Balaban J connectivity index is 1.96. The minimum Gasteiger partial charge on any atom is -0.322 e. The summed E-state index contributed by atoms with van der Waals surface area (Å²) in [6.07, 6.45) is 0. The first-order valence-electron chi connectivity index (χ1n) is 5.70. The zero-order valence-corrected chi connectivity index (χ0v) is 9.74. The molecule has 0 aromatic heterocycles. The second-order valence-electron chi connectivity index (χ2n) is 4.24. The fourth-order valence-electron chi connectivity index (χ4n) is 1.89. The van der Waals surface area contributed by atoms with Crippen LogP contribution in [-0.2, 0) is 0 Å². The zero-order chi connectivity index (χ0) is 12.3. The minimum atomic E-state index is -0.350. The van der Waals surface area contributed by atoms with Gasteiger partial charge < -0.3 is 15.5 Å². The highest BCUT2D eigenvalue weighted by Gasteiger charge is 2.20. The molecule has 1 fully saturated rings. The van der Waals surface area contributed by atoms with Gasteiger partial charge in [-0.25, -0.2) is 9.18 Å². The van der Waals surface area contributed by atoms with Crippen molar-refractivity contribution in [2.45, 2.75) is 13.0 Å². The number of hydrogen-bond acceptors (Lipinski definition) is 2. The number of nitrogens with zero attached hydrogens (tertiary/aromatic N) is 1. The summed E-state index contributed by atoms with van der Waals surface area (Å²) in [5.74, 6) is -0.350. The van der Waals surface area contributed by atoms with Gasteiger partial charge in [0.2, 0.25) is 0 Å². The number of amides is 2. The van der Waals surface area contributed by atoms with E-state index in [0.717, 1.165) is 6.54 Å². The lowest BCUT2D eigenvalue weighted by Gasteiger charge is -2.31. The largest absolute Gasteiger partial charge is 0.322 e. The third-order valence-corrected chi connectivity index (χ3v) is 2.73. The van der Waals surface area contributed by atoms with Crippen molar-refractivity contribution < 1.29 is 9.18 Å². The Hall–Kier alpha value is -1.62. The van der Waals surface area contributed by atoms with E-state index in [1.165, 1.54) is 12.1 Å². The number of anilines is 1. The highest BCUT2D eigenvalue weighted by molar-refractivity contribution is 5.89. The molecular weight excluding hydrogens is 221 g/mol. The van der Waals surface area contributed by atoms with Crippen LogP contribution >= 0.6 is 0 Å². The lowest BCUT2D eigenvalue weighted by Crippen LogP contribution is -2.52. The van der Waals surface area contributed by atoms with Crippen molar-refractivity contribution in [2.24, 2.45) is 0 Å². The molecule has 92 valence electrons. The molecular formula is C12H16FN3O. The lowest BCUT2D eigenvalue weighted by atomic mass is 10.2. The fourth-order valence-corrected chi connectivity index (χ4v) is 1.89. The zero-order valence-electron chi connectivity index (χ0n) is 9.74. The predicted octanol–water partition coefficient (Wildman–Crippen LogP) is 1.65. The first-order chi connectivity index (χ1) is 8.15. The molecule has 0 spiro atoms. The predicted molar refractivity (Wildman–Crippen MR) is 64.5 cm³/mol. The fraction of sp³-hybridized carbons (Fsp3) is 0.417. The highest BCUT2D eigenvalue weighted by atomic mass is 19.1. The Morgan fingerprint density at radius 3 is 3.12 bits per heavy atom. The van der Waals surface area contributed by atoms with Crippen molar-refractivity contribution in [2.75, 3.05) is 25.0 Å². The standard InChI is InChI=1S/C12H16FN3O/c1-9-8-16(6-5-14-9)12(17)15-11-4-2-3-10(13)7-11/h2-4,7,9,14H,5-6,8H2,1H3,(H,15,17). The van der Waals surface area contributed by atoms with Gasteiger partial charge in [0, 0.05) is 31.4 Å². The van der Waals surface area contributed by atoms with Crippen LogP contribution in [-0.4, -0.2) is 36.6 Å². The van der Waals surface area contributed by atoms with Gasteiger partial charge >= 0.3 is 6.03 Å². The number of hydrogen-bond donors (Lipinski definition) is 2. The number of carbonyl (C=O) groups excluding carboxylic acids is 1. The first-order valence-corrected chi connectivity index (χ1v) is 5.70. The molecule has 4 nitrogen and oxygen atoms in total. The lowest BCUT2D eigenvalue weighted by molar-refractivity contribution is 0.192. The molecule has 0 radical (unpaired) electrons. The van der Waals surface area contributed by atoms with Gasteiger partial charge in [-0.05, 0) is 25.1 Å². The average Bonchev–Trinajstić information content (AvgIpc) is 2.29. The quantitative estimate of drug-likeness (QED) is 0.780. The van der Waals surface area contributed by atoms with Crippen LogP contribution in [0.5, 0.6) is 0 Å². The van der Waals surface area contributed by atoms with Gasteiger partial charge in [0.15, 0.2) is 0 Å². The maximum absolute atomic E-state index is 12.9. The summed E-state index contributed by atoms with van der Waals surface area (Å²) in [7, 11) is 0. The van der Waals surface area contributed by atoms with Gasteiger partial charge in [-0.1, -0.05) is 6.07 Å². The van der Waals surface area contributed by atoms with E-state index in [9.17, 15) is 9.18 Å². The molecule has 1 aromatic rings. The number of carbonyl (C=O) groups is 1. The van der Waals surface area contributed by atoms with Crippen LogP contribution in [0.25, 0.3) is 0 Å². The number of urea groups is 1. The number of piperazine rings is 1. The van der Waals surface area contributed by atoms with Crippen molar-refractivity contribution in [1.82, 2.24) is 10.2 Å². The van der Waals surface area contributed by atoms with Crippen molar-refractivity contribution in [3.05, 3.63) is 30.1 Å². The SMILES string of the molecule is CC1CN(C(=O)Nc2cccc(F)c2)CCN1. The molecule has 0 bridgehead atoms. The highest BCUT2D eigenvalue weighted by Crippen LogP contribution is 2.10. The monoisotopic (exact) mass is 237 g/mol. The summed E-state index contributed by atoms with van der Waals surface area (Å²) in [6.45, 7) is 4.16. The van der Waals surface area contributed by atoms with Crippen molar-refractivity contribution in [3.63, 3.8) is 0 Å². The normalized spacial score (nSPS) is 20.1. The van der Waals surface area contributed by atoms with E-state index in [1.807, 2.05) is 6.92 Å². The van der Waals surface area contributed by atoms with E-state index in [-0.39, 0.29) is 11.8 Å². The van der Waals surface area contributed by atoms with Gasteiger partial charge in [-0.15, -0.1) is 0 Å². The van der Waals surface area contributed by atoms with E-state index in [4.69, 9.17) is 0 Å². The van der Waals surface area contributed by atoms with E-state index < -0.39 is 0 Å². The van der Waals surface area contributed by atoms with Gasteiger partial charge in [-0.2, -0.15) is 0 Å². The molecule has 1 heterocycles. The van der Waals surface area contributed by atoms with Gasteiger partial charge in [0.25, 0.3) is 0 Å². The van der Waals surface area contributed by atoms with Crippen molar-refractivity contribution in [3.8, 4) is 0 Å². The molecule has 1 aliphatic rings. The number of nitrogens with one attached hydrogen (secondary N) is 2. The summed E-state index contributed by atoms with van der Waals surface area (Å²) >= 11 is 0. The molecule has 2 amide bonds.